The molecule has 0 bridgehead atoms. The summed E-state index contributed by atoms with van der Waals surface area (Å²) in [6, 6.07) is 7.67. The van der Waals surface area contributed by atoms with Gasteiger partial charge in [-0.3, -0.25) is 9.69 Å². The van der Waals surface area contributed by atoms with Crippen LogP contribution in [0.5, 0.6) is 11.8 Å². The predicted octanol–water partition coefficient (Wildman–Crippen LogP) is 1.12. The van der Waals surface area contributed by atoms with Gasteiger partial charge in [-0.05, 0) is 30.3 Å². The van der Waals surface area contributed by atoms with Crippen molar-refractivity contribution in [3.05, 3.63) is 48.8 Å². The summed E-state index contributed by atoms with van der Waals surface area (Å²) >= 11 is 0. The average molecular weight is 448 g/mol. The number of hydrogen-bond donors (Lipinski definition) is 1. The van der Waals surface area contributed by atoms with Gasteiger partial charge in [0.2, 0.25) is 27.7 Å². The van der Waals surface area contributed by atoms with E-state index in [1.807, 2.05) is 0 Å². The minimum absolute atomic E-state index is 0.179. The van der Waals surface area contributed by atoms with Crippen molar-refractivity contribution in [1.82, 2.24) is 19.2 Å². The SMILES string of the molecule is C=CC(=O)Nc1ccc(S(=O)(=O)N2CCN(Cc3nc(OC)cc(OC)n3)CC2)cc1. The van der Waals surface area contributed by atoms with Gasteiger partial charge in [0.25, 0.3) is 0 Å². The third-order valence-corrected chi connectivity index (χ3v) is 6.70. The number of nitrogens with one attached hydrogen (secondary N) is 1. The van der Waals surface area contributed by atoms with Crippen molar-refractivity contribution in [3.8, 4) is 11.8 Å². The molecule has 1 aromatic heterocycles. The van der Waals surface area contributed by atoms with Gasteiger partial charge in [0, 0.05) is 31.9 Å². The Morgan fingerprint density at radius 1 is 1.10 bits per heavy atom. The Morgan fingerprint density at radius 3 is 2.19 bits per heavy atom. The molecule has 1 fully saturated rings. The number of anilines is 1. The summed E-state index contributed by atoms with van der Waals surface area (Å²) in [4.78, 5) is 22.3. The van der Waals surface area contributed by atoms with Crippen molar-refractivity contribution < 1.29 is 22.7 Å². The number of benzene rings is 1. The van der Waals surface area contributed by atoms with Gasteiger partial charge >= 0.3 is 0 Å². The first kappa shape index (κ1) is 22.7. The van der Waals surface area contributed by atoms with Crippen LogP contribution in [0.15, 0.2) is 47.9 Å². The van der Waals surface area contributed by atoms with Crippen LogP contribution in [0.3, 0.4) is 0 Å². The first-order valence-electron chi connectivity index (χ1n) is 9.57. The molecule has 1 aliphatic heterocycles. The molecule has 31 heavy (non-hydrogen) atoms. The van der Waals surface area contributed by atoms with Gasteiger partial charge in [-0.1, -0.05) is 6.58 Å². The van der Waals surface area contributed by atoms with Gasteiger partial charge in [-0.15, -0.1) is 0 Å². The second-order valence-corrected chi connectivity index (χ2v) is 8.70. The quantitative estimate of drug-likeness (QED) is 0.599. The van der Waals surface area contributed by atoms with Crippen molar-refractivity contribution >= 4 is 21.6 Å². The summed E-state index contributed by atoms with van der Waals surface area (Å²) in [5.41, 5.74) is 0.502. The van der Waals surface area contributed by atoms with Gasteiger partial charge in [0.1, 0.15) is 5.82 Å². The van der Waals surface area contributed by atoms with E-state index in [2.05, 4.69) is 26.8 Å². The average Bonchev–Trinajstić information content (AvgIpc) is 2.79. The normalized spacial score (nSPS) is 15.3. The number of sulfonamides is 1. The van der Waals surface area contributed by atoms with Crippen LogP contribution in [0.1, 0.15) is 5.82 Å². The highest BCUT2D eigenvalue weighted by molar-refractivity contribution is 7.89. The lowest BCUT2D eigenvalue weighted by atomic mass is 10.3. The van der Waals surface area contributed by atoms with E-state index in [-0.39, 0.29) is 10.8 Å². The fourth-order valence-corrected chi connectivity index (χ4v) is 4.53. The van der Waals surface area contributed by atoms with Crippen LogP contribution in [0.4, 0.5) is 5.69 Å². The summed E-state index contributed by atoms with van der Waals surface area (Å²) < 4.78 is 37.7. The zero-order valence-electron chi connectivity index (χ0n) is 17.4. The number of hydrogen-bond acceptors (Lipinski definition) is 8. The first-order valence-corrected chi connectivity index (χ1v) is 11.0. The van der Waals surface area contributed by atoms with Crippen LogP contribution in [-0.4, -0.2) is 73.9 Å². The van der Waals surface area contributed by atoms with E-state index in [1.54, 1.807) is 18.2 Å². The van der Waals surface area contributed by atoms with E-state index in [0.29, 0.717) is 56.0 Å². The van der Waals surface area contributed by atoms with Crippen LogP contribution in [-0.2, 0) is 21.4 Å². The number of nitrogens with zero attached hydrogens (tertiary/aromatic N) is 4. The Labute approximate surface area is 181 Å². The van der Waals surface area contributed by atoms with Gasteiger partial charge < -0.3 is 14.8 Å². The molecule has 2 aromatic rings. The Kier molecular flexibility index (Phi) is 7.21. The zero-order valence-corrected chi connectivity index (χ0v) is 18.3. The molecule has 3 rings (SSSR count). The van der Waals surface area contributed by atoms with Crippen LogP contribution in [0.2, 0.25) is 0 Å². The molecule has 0 saturated carbocycles. The highest BCUT2D eigenvalue weighted by Gasteiger charge is 2.28. The highest BCUT2D eigenvalue weighted by Crippen LogP contribution is 2.21. The molecule has 1 N–H and O–H groups in total. The third-order valence-electron chi connectivity index (χ3n) is 4.79. The topological polar surface area (TPSA) is 114 Å². The molecule has 2 heterocycles. The number of rotatable bonds is 8. The molecule has 10 nitrogen and oxygen atoms in total. The molecule has 166 valence electrons. The Hall–Kier alpha value is -3.02. The van der Waals surface area contributed by atoms with E-state index in [9.17, 15) is 13.2 Å². The maximum atomic E-state index is 13.0. The monoisotopic (exact) mass is 447 g/mol. The van der Waals surface area contributed by atoms with Crippen LogP contribution < -0.4 is 14.8 Å². The maximum Gasteiger partial charge on any atom is 0.247 e. The molecule has 1 aliphatic rings. The van der Waals surface area contributed by atoms with Gasteiger partial charge in [0.15, 0.2) is 0 Å². The van der Waals surface area contributed by atoms with Crippen LogP contribution in [0, 0.1) is 0 Å². The van der Waals surface area contributed by atoms with E-state index >= 15 is 0 Å². The molecular formula is C20H25N5O5S. The van der Waals surface area contributed by atoms with E-state index < -0.39 is 10.0 Å². The molecule has 0 aliphatic carbocycles. The number of piperazine rings is 1. The number of methoxy groups -OCH3 is 2. The zero-order chi connectivity index (χ0) is 22.4. The fraction of sp³-hybridized carbons (Fsp3) is 0.350. The summed E-state index contributed by atoms with van der Waals surface area (Å²) in [5, 5.41) is 2.59. The van der Waals surface area contributed by atoms with Crippen molar-refractivity contribution in [2.75, 3.05) is 45.7 Å². The van der Waals surface area contributed by atoms with Crippen molar-refractivity contribution in [2.24, 2.45) is 0 Å². The van der Waals surface area contributed by atoms with Crippen molar-refractivity contribution in [3.63, 3.8) is 0 Å². The first-order chi connectivity index (χ1) is 14.8. The number of carbonyl (C=O) groups is 1. The lowest BCUT2D eigenvalue weighted by molar-refractivity contribution is -0.111. The Balaban J connectivity index is 1.62. The van der Waals surface area contributed by atoms with Crippen molar-refractivity contribution in [1.29, 1.82) is 0 Å². The van der Waals surface area contributed by atoms with Crippen LogP contribution >= 0.6 is 0 Å². The van der Waals surface area contributed by atoms with Crippen LogP contribution in [0.25, 0.3) is 0 Å². The molecule has 0 spiro atoms. The van der Waals surface area contributed by atoms with E-state index in [0.717, 1.165) is 6.08 Å². The maximum absolute atomic E-state index is 13.0. The molecule has 0 atom stereocenters. The third kappa shape index (κ3) is 5.57. The number of ether oxygens (including phenoxy) is 2. The van der Waals surface area contributed by atoms with Crippen molar-refractivity contribution in [2.45, 2.75) is 11.4 Å². The summed E-state index contributed by atoms with van der Waals surface area (Å²) in [5.74, 6) is 1.01. The molecule has 1 amide bonds. The molecule has 11 heteroatoms. The van der Waals surface area contributed by atoms with E-state index in [1.165, 1.54) is 30.7 Å². The van der Waals surface area contributed by atoms with Gasteiger partial charge in [-0.25, -0.2) is 8.42 Å². The highest BCUT2D eigenvalue weighted by atomic mass is 32.2. The van der Waals surface area contributed by atoms with E-state index in [4.69, 9.17) is 9.47 Å². The Bertz CT molecular complexity index is 1010. The predicted molar refractivity (Wildman–Crippen MR) is 114 cm³/mol. The van der Waals surface area contributed by atoms with Gasteiger partial charge in [-0.2, -0.15) is 14.3 Å². The molecule has 1 aromatic carbocycles. The van der Waals surface area contributed by atoms with Gasteiger partial charge in [0.05, 0.1) is 31.7 Å². The smallest absolute Gasteiger partial charge is 0.247 e. The lowest BCUT2D eigenvalue weighted by Crippen LogP contribution is -2.48. The second kappa shape index (κ2) is 9.86. The second-order valence-electron chi connectivity index (χ2n) is 6.77. The molecule has 0 unspecified atom stereocenters. The minimum Gasteiger partial charge on any atom is -0.481 e. The standard InChI is InChI=1S/C20H25N5O5S/c1-4-18(26)21-15-5-7-16(8-6-15)31(27,28)25-11-9-24(10-12-25)14-17-22-19(29-2)13-20(23-17)30-3/h4-8,13H,1,9-12,14H2,2-3H3,(H,21,26). The number of amides is 1. The fourth-order valence-electron chi connectivity index (χ4n) is 3.11. The summed E-state index contributed by atoms with van der Waals surface area (Å²) in [6.45, 7) is 5.61. The Morgan fingerprint density at radius 2 is 1.68 bits per heavy atom. The number of aromatic nitrogens is 2. The summed E-state index contributed by atoms with van der Waals surface area (Å²) in [6.07, 6.45) is 1.15. The summed E-state index contributed by atoms with van der Waals surface area (Å²) in [7, 11) is -0.582. The molecule has 0 radical (unpaired) electrons. The largest absolute Gasteiger partial charge is 0.481 e. The number of carbonyl (C=O) groups excluding carboxylic acids is 1. The lowest BCUT2D eigenvalue weighted by Gasteiger charge is -2.33. The molecular weight excluding hydrogens is 422 g/mol. The minimum atomic E-state index is -3.63. The molecule has 1 saturated heterocycles.